The van der Waals surface area contributed by atoms with Gasteiger partial charge in [0.15, 0.2) is 0 Å². The molecule has 0 saturated heterocycles. The first kappa shape index (κ1) is 9.43. The molecule has 0 aliphatic rings. The van der Waals surface area contributed by atoms with Crippen molar-refractivity contribution in [2.45, 2.75) is 13.0 Å². The molecule has 4 nitrogen and oxygen atoms in total. The largest absolute Gasteiger partial charge is 0.394 e. The zero-order chi connectivity index (χ0) is 10.1. The highest BCUT2D eigenvalue weighted by atomic mass is 35.5. The zero-order valence-corrected chi connectivity index (χ0v) is 8.44. The Morgan fingerprint density at radius 2 is 2.36 bits per heavy atom. The number of fused-ring (bicyclic) bond motifs is 1. The van der Waals surface area contributed by atoms with Gasteiger partial charge in [-0.1, -0.05) is 22.9 Å². The molecular formula is C9H10ClN3O. The van der Waals surface area contributed by atoms with Crippen molar-refractivity contribution < 1.29 is 5.11 Å². The minimum absolute atomic E-state index is 0.0175. The fourth-order valence-corrected chi connectivity index (χ4v) is 1.59. The summed E-state index contributed by atoms with van der Waals surface area (Å²) in [5.41, 5.74) is 1.52. The Hall–Kier alpha value is -1.13. The third-order valence-electron chi connectivity index (χ3n) is 2.13. The first-order valence-corrected chi connectivity index (χ1v) is 4.72. The SMILES string of the molecule is CC(CO)n1nnc2cccc(Cl)c21. The Kier molecular flexibility index (Phi) is 2.39. The van der Waals surface area contributed by atoms with Crippen molar-refractivity contribution in [3.05, 3.63) is 23.2 Å². The number of hydrogen-bond donors (Lipinski definition) is 1. The quantitative estimate of drug-likeness (QED) is 0.822. The molecule has 0 amide bonds. The highest BCUT2D eigenvalue weighted by molar-refractivity contribution is 6.34. The second-order valence-corrected chi connectivity index (χ2v) is 3.58. The summed E-state index contributed by atoms with van der Waals surface area (Å²) >= 11 is 6.02. The van der Waals surface area contributed by atoms with E-state index in [1.807, 2.05) is 19.1 Å². The predicted octanol–water partition coefficient (Wildman–Crippen LogP) is 1.64. The zero-order valence-electron chi connectivity index (χ0n) is 7.68. The van der Waals surface area contributed by atoms with Gasteiger partial charge in [-0.2, -0.15) is 0 Å². The minimum atomic E-state index is -0.111. The van der Waals surface area contributed by atoms with Crippen LogP contribution in [0.15, 0.2) is 18.2 Å². The summed E-state index contributed by atoms with van der Waals surface area (Å²) in [5.74, 6) is 0. The summed E-state index contributed by atoms with van der Waals surface area (Å²) in [6, 6.07) is 5.34. The van der Waals surface area contributed by atoms with Crippen LogP contribution < -0.4 is 0 Å². The third kappa shape index (κ3) is 1.36. The number of nitrogens with zero attached hydrogens (tertiary/aromatic N) is 3. The van der Waals surface area contributed by atoms with Gasteiger partial charge in [0.1, 0.15) is 11.0 Å². The van der Waals surface area contributed by atoms with Crippen molar-refractivity contribution in [2.75, 3.05) is 6.61 Å². The lowest BCUT2D eigenvalue weighted by Gasteiger charge is -2.08. The van der Waals surface area contributed by atoms with Crippen LogP contribution in [0.3, 0.4) is 0 Å². The van der Waals surface area contributed by atoms with Crippen molar-refractivity contribution in [1.82, 2.24) is 15.0 Å². The van der Waals surface area contributed by atoms with Crippen LogP contribution in [0.5, 0.6) is 0 Å². The molecule has 1 heterocycles. The van der Waals surface area contributed by atoms with Crippen molar-refractivity contribution in [1.29, 1.82) is 0 Å². The summed E-state index contributed by atoms with van der Waals surface area (Å²) < 4.78 is 1.64. The van der Waals surface area contributed by atoms with Crippen LogP contribution in [0.4, 0.5) is 0 Å². The van der Waals surface area contributed by atoms with Crippen molar-refractivity contribution in [3.8, 4) is 0 Å². The smallest absolute Gasteiger partial charge is 0.114 e. The summed E-state index contributed by atoms with van der Waals surface area (Å²) in [5, 5.41) is 17.5. The van der Waals surface area contributed by atoms with E-state index in [1.54, 1.807) is 10.7 Å². The first-order chi connectivity index (χ1) is 6.74. The normalized spacial score (nSPS) is 13.4. The van der Waals surface area contributed by atoms with Crippen LogP contribution >= 0.6 is 11.6 Å². The van der Waals surface area contributed by atoms with Gasteiger partial charge in [-0.25, -0.2) is 4.68 Å². The molecule has 2 aromatic rings. The van der Waals surface area contributed by atoms with Crippen LogP contribution in [0.25, 0.3) is 11.0 Å². The van der Waals surface area contributed by atoms with Crippen molar-refractivity contribution in [3.63, 3.8) is 0 Å². The Balaban J connectivity index is 2.67. The Bertz CT molecular complexity index is 454. The molecule has 1 aromatic carbocycles. The second kappa shape index (κ2) is 3.55. The lowest BCUT2D eigenvalue weighted by molar-refractivity contribution is 0.231. The Morgan fingerprint density at radius 3 is 3.07 bits per heavy atom. The summed E-state index contributed by atoms with van der Waals surface area (Å²) in [6.07, 6.45) is 0. The number of rotatable bonds is 2. The number of aromatic nitrogens is 3. The maximum Gasteiger partial charge on any atom is 0.114 e. The van der Waals surface area contributed by atoms with E-state index < -0.39 is 0 Å². The van der Waals surface area contributed by atoms with Gasteiger partial charge < -0.3 is 5.11 Å². The molecule has 1 aromatic heterocycles. The maximum atomic E-state index is 9.03. The molecule has 74 valence electrons. The van der Waals surface area contributed by atoms with E-state index in [4.69, 9.17) is 16.7 Å². The van der Waals surface area contributed by atoms with Gasteiger partial charge in [-0.05, 0) is 19.1 Å². The van der Waals surface area contributed by atoms with E-state index in [0.29, 0.717) is 5.02 Å². The first-order valence-electron chi connectivity index (χ1n) is 4.34. The molecule has 0 aliphatic heterocycles. The van der Waals surface area contributed by atoms with E-state index in [9.17, 15) is 0 Å². The monoisotopic (exact) mass is 211 g/mol. The van der Waals surface area contributed by atoms with Crippen LogP contribution in [0, 0.1) is 0 Å². The van der Waals surface area contributed by atoms with Crippen molar-refractivity contribution >= 4 is 22.6 Å². The Labute approximate surface area is 86.1 Å². The molecule has 1 unspecified atom stereocenters. The van der Waals surface area contributed by atoms with E-state index >= 15 is 0 Å². The second-order valence-electron chi connectivity index (χ2n) is 3.17. The standard InChI is InChI=1S/C9H10ClN3O/c1-6(5-14)13-9-7(10)3-2-4-8(9)11-12-13/h2-4,6,14H,5H2,1H3. The lowest BCUT2D eigenvalue weighted by atomic mass is 10.3. The molecule has 0 saturated carbocycles. The lowest BCUT2D eigenvalue weighted by Crippen LogP contribution is -2.10. The summed E-state index contributed by atoms with van der Waals surface area (Å²) in [4.78, 5) is 0. The number of para-hydroxylation sites is 1. The van der Waals surface area contributed by atoms with Gasteiger partial charge in [-0.3, -0.25) is 0 Å². The van der Waals surface area contributed by atoms with Crippen LogP contribution in [-0.2, 0) is 0 Å². The average molecular weight is 212 g/mol. The van der Waals surface area contributed by atoms with Gasteiger partial charge in [0.05, 0.1) is 17.7 Å². The molecule has 14 heavy (non-hydrogen) atoms. The average Bonchev–Trinajstić information content (AvgIpc) is 2.62. The van der Waals surface area contributed by atoms with Crippen molar-refractivity contribution in [2.24, 2.45) is 0 Å². The topological polar surface area (TPSA) is 50.9 Å². The summed E-state index contributed by atoms with van der Waals surface area (Å²) in [6.45, 7) is 1.88. The van der Waals surface area contributed by atoms with Gasteiger partial charge in [0, 0.05) is 0 Å². The highest BCUT2D eigenvalue weighted by Gasteiger charge is 2.12. The van der Waals surface area contributed by atoms with Crippen LogP contribution in [0.1, 0.15) is 13.0 Å². The highest BCUT2D eigenvalue weighted by Crippen LogP contribution is 2.23. The fourth-order valence-electron chi connectivity index (χ4n) is 1.34. The molecule has 0 spiro atoms. The number of aliphatic hydroxyl groups is 1. The van der Waals surface area contributed by atoms with E-state index in [1.165, 1.54) is 0 Å². The number of aliphatic hydroxyl groups excluding tert-OH is 1. The van der Waals surface area contributed by atoms with Gasteiger partial charge in [0.2, 0.25) is 0 Å². The maximum absolute atomic E-state index is 9.03. The molecular weight excluding hydrogens is 202 g/mol. The molecule has 0 radical (unpaired) electrons. The van der Waals surface area contributed by atoms with Crippen LogP contribution in [-0.4, -0.2) is 26.7 Å². The van der Waals surface area contributed by atoms with Gasteiger partial charge >= 0.3 is 0 Å². The Morgan fingerprint density at radius 1 is 1.57 bits per heavy atom. The minimum Gasteiger partial charge on any atom is -0.394 e. The number of benzene rings is 1. The number of hydrogen-bond acceptors (Lipinski definition) is 3. The predicted molar refractivity (Wildman–Crippen MR) is 54.3 cm³/mol. The molecule has 0 bridgehead atoms. The summed E-state index contributed by atoms with van der Waals surface area (Å²) in [7, 11) is 0. The van der Waals surface area contributed by atoms with E-state index in [2.05, 4.69) is 10.3 Å². The van der Waals surface area contributed by atoms with Crippen LogP contribution in [0.2, 0.25) is 5.02 Å². The molecule has 1 atom stereocenters. The van der Waals surface area contributed by atoms with E-state index in [0.717, 1.165) is 11.0 Å². The molecule has 0 fully saturated rings. The van der Waals surface area contributed by atoms with E-state index in [-0.39, 0.29) is 12.6 Å². The van der Waals surface area contributed by atoms with Gasteiger partial charge in [0.25, 0.3) is 0 Å². The molecule has 2 rings (SSSR count). The van der Waals surface area contributed by atoms with Gasteiger partial charge in [-0.15, -0.1) is 5.10 Å². The molecule has 0 aliphatic carbocycles. The fraction of sp³-hybridized carbons (Fsp3) is 0.333. The molecule has 5 heteroatoms. The third-order valence-corrected chi connectivity index (χ3v) is 2.43. The molecule has 1 N–H and O–H groups in total. The number of halogens is 1.